The van der Waals surface area contributed by atoms with Crippen LogP contribution in [0, 0.1) is 5.92 Å². The SMILES string of the molecule is CC(C)(C)OC(=O)NCC(C)(NC(=O)CCc1ccccn1)C1CC1. The summed E-state index contributed by atoms with van der Waals surface area (Å²) < 4.78 is 5.27. The standard InChI is InChI=1S/C19H29N3O3/c1-18(2,3)25-17(24)21-13-19(4,14-8-9-14)22-16(23)11-10-15-7-5-6-12-20-15/h5-7,12,14H,8-11,13H2,1-4H3,(H,21,24)(H,22,23). The maximum atomic E-state index is 12.4. The third kappa shape index (κ3) is 6.72. The number of amides is 2. The summed E-state index contributed by atoms with van der Waals surface area (Å²) in [5.74, 6) is 0.368. The van der Waals surface area contributed by atoms with Gasteiger partial charge in [0.15, 0.2) is 0 Å². The van der Waals surface area contributed by atoms with Crippen LogP contribution in [0.5, 0.6) is 0 Å². The first-order valence-corrected chi connectivity index (χ1v) is 8.86. The third-order valence-corrected chi connectivity index (χ3v) is 4.24. The molecule has 2 amide bonds. The quantitative estimate of drug-likeness (QED) is 0.795. The van der Waals surface area contributed by atoms with Gasteiger partial charge in [0, 0.05) is 24.9 Å². The number of nitrogens with one attached hydrogen (secondary N) is 2. The number of alkyl carbamates (subject to hydrolysis) is 1. The number of carbonyl (C=O) groups excluding carboxylic acids is 2. The first kappa shape index (κ1) is 19.2. The average molecular weight is 347 g/mol. The minimum Gasteiger partial charge on any atom is -0.444 e. The summed E-state index contributed by atoms with van der Waals surface area (Å²) in [6, 6.07) is 5.69. The number of nitrogens with zero attached hydrogens (tertiary/aromatic N) is 1. The van der Waals surface area contributed by atoms with Gasteiger partial charge in [-0.3, -0.25) is 9.78 Å². The lowest BCUT2D eigenvalue weighted by Gasteiger charge is -2.32. The van der Waals surface area contributed by atoms with Gasteiger partial charge in [-0.1, -0.05) is 6.07 Å². The Balaban J connectivity index is 1.84. The van der Waals surface area contributed by atoms with Crippen molar-refractivity contribution in [1.29, 1.82) is 0 Å². The zero-order chi connectivity index (χ0) is 18.5. The van der Waals surface area contributed by atoms with Gasteiger partial charge in [0.05, 0.1) is 5.54 Å². The Morgan fingerprint density at radius 1 is 1.24 bits per heavy atom. The molecule has 1 heterocycles. The van der Waals surface area contributed by atoms with E-state index < -0.39 is 17.2 Å². The molecular weight excluding hydrogens is 318 g/mol. The third-order valence-electron chi connectivity index (χ3n) is 4.24. The monoisotopic (exact) mass is 347 g/mol. The van der Waals surface area contributed by atoms with E-state index >= 15 is 0 Å². The molecule has 2 rings (SSSR count). The van der Waals surface area contributed by atoms with Gasteiger partial charge in [-0.05, 0) is 65.0 Å². The summed E-state index contributed by atoms with van der Waals surface area (Å²) in [5.41, 5.74) is -0.0814. The molecule has 1 atom stereocenters. The lowest BCUT2D eigenvalue weighted by molar-refractivity contribution is -0.123. The van der Waals surface area contributed by atoms with Gasteiger partial charge in [-0.25, -0.2) is 4.79 Å². The number of aryl methyl sites for hydroxylation is 1. The molecule has 1 saturated carbocycles. The van der Waals surface area contributed by atoms with Gasteiger partial charge in [0.2, 0.25) is 5.91 Å². The van der Waals surface area contributed by atoms with E-state index in [4.69, 9.17) is 4.74 Å². The van der Waals surface area contributed by atoms with Crippen LogP contribution in [-0.4, -0.2) is 34.7 Å². The molecule has 6 nitrogen and oxygen atoms in total. The predicted octanol–water partition coefficient (Wildman–Crippen LogP) is 2.82. The van der Waals surface area contributed by atoms with Gasteiger partial charge in [-0.2, -0.15) is 0 Å². The van der Waals surface area contributed by atoms with Crippen LogP contribution in [-0.2, 0) is 16.0 Å². The van der Waals surface area contributed by atoms with Crippen molar-refractivity contribution in [3.63, 3.8) is 0 Å². The molecule has 1 aromatic heterocycles. The van der Waals surface area contributed by atoms with Crippen molar-refractivity contribution in [3.8, 4) is 0 Å². The second-order valence-corrected chi connectivity index (χ2v) is 7.92. The van der Waals surface area contributed by atoms with Crippen LogP contribution in [0.2, 0.25) is 0 Å². The first-order valence-electron chi connectivity index (χ1n) is 8.86. The fourth-order valence-electron chi connectivity index (χ4n) is 2.75. The molecule has 1 aliphatic carbocycles. The topological polar surface area (TPSA) is 80.3 Å². The number of hydrogen-bond acceptors (Lipinski definition) is 4. The van der Waals surface area contributed by atoms with Crippen LogP contribution in [0.3, 0.4) is 0 Å². The van der Waals surface area contributed by atoms with Gasteiger partial charge in [-0.15, -0.1) is 0 Å². The smallest absolute Gasteiger partial charge is 0.407 e. The van der Waals surface area contributed by atoms with Crippen LogP contribution in [0.4, 0.5) is 4.79 Å². The molecule has 6 heteroatoms. The molecule has 0 aromatic carbocycles. The Morgan fingerprint density at radius 2 is 1.96 bits per heavy atom. The first-order chi connectivity index (χ1) is 11.7. The van der Waals surface area contributed by atoms with Crippen molar-refractivity contribution < 1.29 is 14.3 Å². The Labute approximate surface area is 149 Å². The Hall–Kier alpha value is -2.11. The van der Waals surface area contributed by atoms with Crippen molar-refractivity contribution in [2.75, 3.05) is 6.54 Å². The minimum atomic E-state index is -0.536. The highest BCUT2D eigenvalue weighted by molar-refractivity contribution is 5.77. The molecule has 0 spiro atoms. The van der Waals surface area contributed by atoms with E-state index in [9.17, 15) is 9.59 Å². The molecule has 138 valence electrons. The molecule has 2 N–H and O–H groups in total. The van der Waals surface area contributed by atoms with Crippen LogP contribution < -0.4 is 10.6 Å². The molecule has 1 unspecified atom stereocenters. The highest BCUT2D eigenvalue weighted by Crippen LogP contribution is 2.39. The van der Waals surface area contributed by atoms with Crippen molar-refractivity contribution >= 4 is 12.0 Å². The summed E-state index contributed by atoms with van der Waals surface area (Å²) in [6.07, 6.45) is 4.38. The molecule has 0 radical (unpaired) electrons. The van der Waals surface area contributed by atoms with Crippen LogP contribution >= 0.6 is 0 Å². The fraction of sp³-hybridized carbons (Fsp3) is 0.632. The minimum absolute atomic E-state index is 0.0222. The zero-order valence-electron chi connectivity index (χ0n) is 15.6. The Morgan fingerprint density at radius 3 is 2.52 bits per heavy atom. The van der Waals surface area contributed by atoms with E-state index in [0.717, 1.165) is 18.5 Å². The normalized spacial score (nSPS) is 16.6. The number of aromatic nitrogens is 1. The Kier molecular flexibility index (Phi) is 6.03. The highest BCUT2D eigenvalue weighted by atomic mass is 16.6. The predicted molar refractivity (Wildman–Crippen MR) is 96.1 cm³/mol. The second-order valence-electron chi connectivity index (χ2n) is 7.92. The van der Waals surface area contributed by atoms with Crippen molar-refractivity contribution in [2.24, 2.45) is 5.92 Å². The van der Waals surface area contributed by atoms with Crippen molar-refractivity contribution in [2.45, 2.75) is 64.5 Å². The summed E-state index contributed by atoms with van der Waals surface area (Å²) >= 11 is 0. The van der Waals surface area contributed by atoms with E-state index in [2.05, 4.69) is 15.6 Å². The van der Waals surface area contributed by atoms with Crippen LogP contribution in [0.15, 0.2) is 24.4 Å². The van der Waals surface area contributed by atoms with E-state index in [0.29, 0.717) is 25.3 Å². The number of carbonyl (C=O) groups is 2. The summed E-state index contributed by atoms with van der Waals surface area (Å²) in [4.78, 5) is 28.5. The number of ether oxygens (including phenoxy) is 1. The molecule has 0 bridgehead atoms. The lowest BCUT2D eigenvalue weighted by atomic mass is 9.95. The fourth-order valence-corrected chi connectivity index (χ4v) is 2.75. The molecule has 0 saturated heterocycles. The van der Waals surface area contributed by atoms with E-state index in [1.54, 1.807) is 6.20 Å². The Bertz CT molecular complexity index is 594. The number of pyridine rings is 1. The summed E-state index contributed by atoms with van der Waals surface area (Å²) in [7, 11) is 0. The van der Waals surface area contributed by atoms with Crippen molar-refractivity contribution in [3.05, 3.63) is 30.1 Å². The summed E-state index contributed by atoms with van der Waals surface area (Å²) in [6.45, 7) is 7.83. The van der Waals surface area contributed by atoms with E-state index in [1.807, 2.05) is 45.9 Å². The largest absolute Gasteiger partial charge is 0.444 e. The number of rotatable bonds is 7. The molecule has 25 heavy (non-hydrogen) atoms. The number of hydrogen-bond donors (Lipinski definition) is 2. The zero-order valence-corrected chi connectivity index (χ0v) is 15.6. The molecule has 1 aromatic rings. The average Bonchev–Trinajstić information content (AvgIpc) is 3.36. The van der Waals surface area contributed by atoms with Gasteiger partial charge in [0.25, 0.3) is 0 Å². The lowest BCUT2D eigenvalue weighted by Crippen LogP contribution is -2.55. The maximum Gasteiger partial charge on any atom is 0.407 e. The second kappa shape index (κ2) is 7.85. The van der Waals surface area contributed by atoms with Gasteiger partial charge in [0.1, 0.15) is 5.60 Å². The van der Waals surface area contributed by atoms with Gasteiger partial charge >= 0.3 is 6.09 Å². The van der Waals surface area contributed by atoms with E-state index in [1.165, 1.54) is 0 Å². The van der Waals surface area contributed by atoms with E-state index in [-0.39, 0.29) is 5.91 Å². The molecule has 0 aliphatic heterocycles. The molecular formula is C19H29N3O3. The molecule has 1 aliphatic rings. The highest BCUT2D eigenvalue weighted by Gasteiger charge is 2.42. The summed E-state index contributed by atoms with van der Waals surface area (Å²) in [5, 5.41) is 5.90. The maximum absolute atomic E-state index is 12.4. The van der Waals surface area contributed by atoms with Crippen LogP contribution in [0.1, 0.15) is 52.7 Å². The molecule has 1 fully saturated rings. The van der Waals surface area contributed by atoms with Crippen molar-refractivity contribution in [1.82, 2.24) is 15.6 Å². The van der Waals surface area contributed by atoms with Gasteiger partial charge < -0.3 is 15.4 Å². The van der Waals surface area contributed by atoms with Crippen LogP contribution in [0.25, 0.3) is 0 Å².